The van der Waals surface area contributed by atoms with Crippen LogP contribution in [-0.4, -0.2) is 12.2 Å². The smallest absolute Gasteiger partial charge is 0.356 e. The molecule has 0 aromatic rings. The lowest BCUT2D eigenvalue weighted by molar-refractivity contribution is -0.137. The zero-order valence-electron chi connectivity index (χ0n) is 8.06. The molecule has 1 atom stereocenters. The topological polar surface area (TPSA) is 62.1 Å². The Balaban J connectivity index is 2.78. The summed E-state index contributed by atoms with van der Waals surface area (Å²) in [7, 11) is 0. The first-order chi connectivity index (χ1) is 7.19. The number of nitrogens with one attached hydrogen (secondary N) is 1. The Morgan fingerprint density at radius 2 is 2.40 bits per heavy atom. The summed E-state index contributed by atoms with van der Waals surface area (Å²) in [4.78, 5) is 11.0. The van der Waals surface area contributed by atoms with Gasteiger partial charge in [0, 0.05) is 11.6 Å². The largest absolute Gasteiger partial charge is 0.433 e. The summed E-state index contributed by atoms with van der Waals surface area (Å²) in [6.45, 7) is 7.07. The number of nitrogens with zero attached hydrogens (tertiary/aromatic N) is 1. The second-order valence-electron chi connectivity index (χ2n) is 2.77. The third-order valence-electron chi connectivity index (χ3n) is 1.77. The van der Waals surface area contributed by atoms with Gasteiger partial charge in [-0.15, -0.1) is 0 Å². The van der Waals surface area contributed by atoms with Crippen molar-refractivity contribution < 1.29 is 9.53 Å². The molecule has 76 valence electrons. The minimum atomic E-state index is -0.564. The fourth-order valence-corrected chi connectivity index (χ4v) is 1.04. The Morgan fingerprint density at radius 1 is 1.67 bits per heavy atom. The highest BCUT2D eigenvalue weighted by Crippen LogP contribution is 2.15. The Hall–Kier alpha value is -2.28. The maximum Gasteiger partial charge on any atom is 0.356 e. The van der Waals surface area contributed by atoms with Crippen molar-refractivity contribution in [1.82, 2.24) is 5.32 Å². The minimum absolute atomic E-state index is 0.219. The average molecular weight is 202 g/mol. The maximum atomic E-state index is 11.0. The second-order valence-corrected chi connectivity index (χ2v) is 2.77. The van der Waals surface area contributed by atoms with Crippen LogP contribution in [0.1, 0.15) is 0 Å². The van der Waals surface area contributed by atoms with E-state index in [4.69, 9.17) is 10.00 Å². The molecule has 1 unspecified atom stereocenters. The van der Waals surface area contributed by atoms with Gasteiger partial charge in [-0.1, -0.05) is 31.4 Å². The van der Waals surface area contributed by atoms with Gasteiger partial charge in [-0.25, -0.2) is 4.79 Å². The second kappa shape index (κ2) is 4.82. The van der Waals surface area contributed by atoms with E-state index in [-0.39, 0.29) is 5.70 Å². The molecule has 0 amide bonds. The number of allylic oxidation sites excluding steroid dienone is 3. The third-order valence-corrected chi connectivity index (χ3v) is 1.77. The van der Waals surface area contributed by atoms with E-state index in [2.05, 4.69) is 18.5 Å². The van der Waals surface area contributed by atoms with E-state index < -0.39 is 12.2 Å². The molecular weight excluding hydrogens is 192 g/mol. The summed E-state index contributed by atoms with van der Waals surface area (Å²) < 4.78 is 4.95. The first-order valence-corrected chi connectivity index (χ1v) is 4.24. The molecule has 1 rings (SSSR count). The zero-order chi connectivity index (χ0) is 11.3. The summed E-state index contributed by atoms with van der Waals surface area (Å²) in [5.41, 5.74) is 0.880. The number of carbonyl (C=O) groups excluding carboxylic acids is 1. The predicted molar refractivity (Wildman–Crippen MR) is 55.2 cm³/mol. The molecule has 1 N–H and O–H groups in total. The molecular formula is C11H10N2O2. The van der Waals surface area contributed by atoms with Gasteiger partial charge < -0.3 is 10.1 Å². The number of hydrogen-bond acceptors (Lipinski definition) is 4. The Morgan fingerprint density at radius 3 is 2.87 bits per heavy atom. The van der Waals surface area contributed by atoms with E-state index in [0.29, 0.717) is 5.57 Å². The van der Waals surface area contributed by atoms with Crippen molar-refractivity contribution in [3.63, 3.8) is 0 Å². The van der Waals surface area contributed by atoms with Crippen LogP contribution in [0.2, 0.25) is 0 Å². The van der Waals surface area contributed by atoms with Gasteiger partial charge in [-0.2, -0.15) is 5.26 Å². The minimum Gasteiger partial charge on any atom is -0.433 e. The van der Waals surface area contributed by atoms with Gasteiger partial charge in [-0.05, 0) is 0 Å². The van der Waals surface area contributed by atoms with Gasteiger partial charge in [0.2, 0.25) is 0 Å². The molecule has 0 bridgehead atoms. The van der Waals surface area contributed by atoms with Crippen LogP contribution in [0.25, 0.3) is 0 Å². The molecule has 0 aliphatic carbocycles. The molecule has 1 saturated heterocycles. The summed E-state index contributed by atoms with van der Waals surface area (Å²) in [5.74, 6) is -0.475. The highest BCUT2D eigenvalue weighted by molar-refractivity contribution is 5.89. The third kappa shape index (κ3) is 2.58. The number of nitriles is 1. The first-order valence-electron chi connectivity index (χ1n) is 4.24. The van der Waals surface area contributed by atoms with E-state index in [0.717, 1.165) is 0 Å². The number of esters is 1. The van der Waals surface area contributed by atoms with Crippen LogP contribution in [0.5, 0.6) is 0 Å². The average Bonchev–Trinajstić information content (AvgIpc) is 2.54. The van der Waals surface area contributed by atoms with Gasteiger partial charge in [0.05, 0.1) is 6.07 Å². The molecule has 0 aromatic carbocycles. The molecule has 4 heteroatoms. The molecule has 1 fully saturated rings. The standard InChI is InChI=1S/C11H10N2O2/c1-3-9(6-4-5-7-12)10-13-8(2)11(14)15-10/h3-6,10,13H,1-2H2/b5-4+,9-6+. The normalized spacial score (nSPS) is 21.0. The van der Waals surface area contributed by atoms with E-state index in [1.165, 1.54) is 6.08 Å². The quantitative estimate of drug-likeness (QED) is 0.323. The summed E-state index contributed by atoms with van der Waals surface area (Å²) >= 11 is 0. The summed E-state index contributed by atoms with van der Waals surface area (Å²) in [6, 6.07) is 1.85. The maximum absolute atomic E-state index is 11.0. The van der Waals surface area contributed by atoms with E-state index in [9.17, 15) is 4.79 Å². The van der Waals surface area contributed by atoms with Crippen molar-refractivity contribution in [2.75, 3.05) is 0 Å². The van der Waals surface area contributed by atoms with Crippen molar-refractivity contribution in [1.29, 1.82) is 5.26 Å². The van der Waals surface area contributed by atoms with E-state index >= 15 is 0 Å². The fourth-order valence-electron chi connectivity index (χ4n) is 1.04. The SMILES string of the molecule is C=C/C(=C\C=C\C#N)C1NC(=C)C(=O)O1. The fraction of sp³-hybridized carbons (Fsp3) is 0.0909. The molecule has 0 spiro atoms. The molecule has 1 aliphatic rings. The van der Waals surface area contributed by atoms with E-state index in [1.54, 1.807) is 18.2 Å². The Bertz CT molecular complexity index is 383. The number of cyclic esters (lactones) is 1. The van der Waals surface area contributed by atoms with Crippen molar-refractivity contribution in [2.24, 2.45) is 0 Å². The molecule has 1 aliphatic heterocycles. The Kier molecular flexibility index (Phi) is 3.47. The monoisotopic (exact) mass is 202 g/mol. The van der Waals surface area contributed by atoms with E-state index in [1.807, 2.05) is 6.07 Å². The van der Waals surface area contributed by atoms with Crippen molar-refractivity contribution in [3.05, 3.63) is 48.7 Å². The van der Waals surface area contributed by atoms with Gasteiger partial charge in [0.1, 0.15) is 5.70 Å². The van der Waals surface area contributed by atoms with Gasteiger partial charge in [0.15, 0.2) is 6.23 Å². The van der Waals surface area contributed by atoms with Crippen molar-refractivity contribution in [3.8, 4) is 6.07 Å². The first kappa shape index (κ1) is 10.8. The number of hydrogen-bond donors (Lipinski definition) is 1. The number of carbonyl (C=O) groups is 1. The molecule has 4 nitrogen and oxygen atoms in total. The van der Waals surface area contributed by atoms with Crippen LogP contribution < -0.4 is 5.32 Å². The highest BCUT2D eigenvalue weighted by Gasteiger charge is 2.27. The zero-order valence-corrected chi connectivity index (χ0v) is 8.06. The van der Waals surface area contributed by atoms with Crippen LogP contribution in [0, 0.1) is 11.3 Å². The number of rotatable bonds is 3. The van der Waals surface area contributed by atoms with Crippen LogP contribution >= 0.6 is 0 Å². The van der Waals surface area contributed by atoms with Crippen molar-refractivity contribution >= 4 is 5.97 Å². The Labute approximate surface area is 87.8 Å². The van der Waals surface area contributed by atoms with Gasteiger partial charge in [0.25, 0.3) is 0 Å². The predicted octanol–water partition coefficient (Wildman–Crippen LogP) is 1.16. The lowest BCUT2D eigenvalue weighted by atomic mass is 10.2. The van der Waals surface area contributed by atoms with Crippen LogP contribution in [-0.2, 0) is 9.53 Å². The molecule has 0 aromatic heterocycles. The van der Waals surface area contributed by atoms with Gasteiger partial charge in [-0.3, -0.25) is 0 Å². The molecule has 0 saturated carbocycles. The summed E-state index contributed by atoms with van der Waals surface area (Å²) in [6.07, 6.45) is 5.49. The molecule has 15 heavy (non-hydrogen) atoms. The van der Waals surface area contributed by atoms with Crippen LogP contribution in [0.3, 0.4) is 0 Å². The molecule has 0 radical (unpaired) electrons. The lowest BCUT2D eigenvalue weighted by Crippen LogP contribution is -2.22. The summed E-state index contributed by atoms with van der Waals surface area (Å²) in [5, 5.41) is 11.1. The van der Waals surface area contributed by atoms with Crippen LogP contribution in [0.4, 0.5) is 0 Å². The lowest BCUT2D eigenvalue weighted by Gasteiger charge is -2.09. The number of ether oxygens (including phenoxy) is 1. The van der Waals surface area contributed by atoms with Gasteiger partial charge >= 0.3 is 5.97 Å². The van der Waals surface area contributed by atoms with Crippen LogP contribution in [0.15, 0.2) is 48.7 Å². The van der Waals surface area contributed by atoms with Crippen molar-refractivity contribution in [2.45, 2.75) is 6.23 Å². The molecule has 1 heterocycles. The highest BCUT2D eigenvalue weighted by atomic mass is 16.6.